The van der Waals surface area contributed by atoms with E-state index in [0.29, 0.717) is 28.7 Å². The Morgan fingerprint density at radius 1 is 1.32 bits per heavy atom. The largest absolute Gasteiger partial charge is 0.462 e. The summed E-state index contributed by atoms with van der Waals surface area (Å²) in [5, 5.41) is 3.57. The minimum atomic E-state index is -0.338. The summed E-state index contributed by atoms with van der Waals surface area (Å²) >= 11 is 1.52. The Bertz CT molecular complexity index is 809. The van der Waals surface area contributed by atoms with Crippen LogP contribution in [0.15, 0.2) is 24.3 Å². The number of aryl methyl sites for hydroxylation is 1. The Hall–Kier alpha value is -2.14. The first-order valence-electron chi connectivity index (χ1n) is 8.69. The summed E-state index contributed by atoms with van der Waals surface area (Å²) in [4.78, 5) is 26.4. The Morgan fingerprint density at radius 3 is 2.80 bits per heavy atom. The molecule has 1 atom stereocenters. The first-order chi connectivity index (χ1) is 12.0. The zero-order valence-electron chi connectivity index (χ0n) is 14.8. The van der Waals surface area contributed by atoms with Gasteiger partial charge in [0.2, 0.25) is 0 Å². The molecule has 1 aliphatic carbocycles. The van der Waals surface area contributed by atoms with Gasteiger partial charge in [-0.05, 0) is 56.2 Å². The average Bonchev–Trinajstić information content (AvgIpc) is 2.92. The van der Waals surface area contributed by atoms with Crippen LogP contribution in [0.2, 0.25) is 0 Å². The van der Waals surface area contributed by atoms with Gasteiger partial charge >= 0.3 is 5.97 Å². The number of hydrogen-bond acceptors (Lipinski definition) is 4. The van der Waals surface area contributed by atoms with Gasteiger partial charge in [0.1, 0.15) is 5.00 Å². The molecule has 0 saturated carbocycles. The van der Waals surface area contributed by atoms with Gasteiger partial charge < -0.3 is 10.1 Å². The molecule has 1 N–H and O–H groups in total. The fourth-order valence-corrected chi connectivity index (χ4v) is 4.65. The highest BCUT2D eigenvalue weighted by atomic mass is 32.1. The van der Waals surface area contributed by atoms with Crippen LogP contribution in [0.3, 0.4) is 0 Å². The zero-order valence-corrected chi connectivity index (χ0v) is 15.7. The topological polar surface area (TPSA) is 55.4 Å². The van der Waals surface area contributed by atoms with Crippen LogP contribution in [-0.2, 0) is 17.6 Å². The van der Waals surface area contributed by atoms with E-state index >= 15 is 0 Å². The molecule has 1 aliphatic rings. The highest BCUT2D eigenvalue weighted by molar-refractivity contribution is 7.17. The Labute approximate surface area is 152 Å². The monoisotopic (exact) mass is 357 g/mol. The molecule has 1 heterocycles. The van der Waals surface area contributed by atoms with E-state index < -0.39 is 0 Å². The minimum absolute atomic E-state index is 0.185. The molecule has 4 nitrogen and oxygen atoms in total. The van der Waals surface area contributed by atoms with Crippen molar-refractivity contribution in [2.45, 2.75) is 40.0 Å². The molecule has 0 radical (unpaired) electrons. The van der Waals surface area contributed by atoms with E-state index in [1.54, 1.807) is 13.0 Å². The number of amides is 1. The van der Waals surface area contributed by atoms with Crippen molar-refractivity contribution in [1.82, 2.24) is 0 Å². The molecule has 132 valence electrons. The molecule has 0 unspecified atom stereocenters. The molecule has 0 bridgehead atoms. The SMILES string of the molecule is CCOC(=O)c1c(NC(=O)c2ccccc2C)sc2c1CC[C@@H](C)C2. The summed E-state index contributed by atoms with van der Waals surface area (Å²) in [6.45, 7) is 6.25. The van der Waals surface area contributed by atoms with Gasteiger partial charge in [-0.1, -0.05) is 25.1 Å². The number of fused-ring (bicyclic) bond motifs is 1. The molecule has 0 saturated heterocycles. The molecule has 1 aromatic heterocycles. The predicted molar refractivity (Wildman–Crippen MR) is 101 cm³/mol. The minimum Gasteiger partial charge on any atom is -0.462 e. The maximum Gasteiger partial charge on any atom is 0.341 e. The van der Waals surface area contributed by atoms with Gasteiger partial charge in [0.15, 0.2) is 0 Å². The Kier molecular flexibility index (Phi) is 5.23. The quantitative estimate of drug-likeness (QED) is 0.813. The molecule has 25 heavy (non-hydrogen) atoms. The molecule has 5 heteroatoms. The smallest absolute Gasteiger partial charge is 0.341 e. The fraction of sp³-hybridized carbons (Fsp3) is 0.400. The number of rotatable bonds is 4. The molecule has 0 fully saturated rings. The first kappa shape index (κ1) is 17.7. The number of nitrogens with one attached hydrogen (secondary N) is 1. The van der Waals surface area contributed by atoms with Crippen LogP contribution in [0.1, 0.15) is 57.0 Å². The molecule has 1 aromatic carbocycles. The summed E-state index contributed by atoms with van der Waals surface area (Å²) in [6.07, 6.45) is 2.87. The van der Waals surface area contributed by atoms with E-state index in [9.17, 15) is 9.59 Å². The number of esters is 1. The van der Waals surface area contributed by atoms with Crippen molar-refractivity contribution in [1.29, 1.82) is 0 Å². The van der Waals surface area contributed by atoms with Crippen molar-refractivity contribution < 1.29 is 14.3 Å². The van der Waals surface area contributed by atoms with Gasteiger partial charge in [-0.15, -0.1) is 11.3 Å². The van der Waals surface area contributed by atoms with Crippen molar-refractivity contribution in [3.05, 3.63) is 51.4 Å². The van der Waals surface area contributed by atoms with Gasteiger partial charge in [0, 0.05) is 10.4 Å². The second-order valence-electron chi connectivity index (χ2n) is 6.55. The van der Waals surface area contributed by atoms with E-state index in [2.05, 4.69) is 12.2 Å². The number of benzene rings is 1. The van der Waals surface area contributed by atoms with E-state index in [4.69, 9.17) is 4.74 Å². The molecule has 0 spiro atoms. The van der Waals surface area contributed by atoms with Crippen LogP contribution < -0.4 is 5.32 Å². The van der Waals surface area contributed by atoms with E-state index in [-0.39, 0.29) is 11.9 Å². The molecule has 0 aliphatic heterocycles. The fourth-order valence-electron chi connectivity index (χ4n) is 3.26. The number of carbonyl (C=O) groups excluding carboxylic acids is 2. The van der Waals surface area contributed by atoms with Crippen LogP contribution in [-0.4, -0.2) is 18.5 Å². The summed E-state index contributed by atoms with van der Waals surface area (Å²) in [5.41, 5.74) is 3.14. The molecule has 1 amide bonds. The lowest BCUT2D eigenvalue weighted by atomic mass is 9.88. The summed E-state index contributed by atoms with van der Waals surface area (Å²) in [5.74, 6) is 0.0750. The summed E-state index contributed by atoms with van der Waals surface area (Å²) in [7, 11) is 0. The second-order valence-corrected chi connectivity index (χ2v) is 7.65. The third-order valence-electron chi connectivity index (χ3n) is 4.61. The number of hydrogen-bond donors (Lipinski definition) is 1. The zero-order chi connectivity index (χ0) is 18.0. The van der Waals surface area contributed by atoms with Gasteiger partial charge in [-0.25, -0.2) is 4.79 Å². The summed E-state index contributed by atoms with van der Waals surface area (Å²) < 4.78 is 5.25. The Morgan fingerprint density at radius 2 is 2.08 bits per heavy atom. The maximum atomic E-state index is 12.7. The van der Waals surface area contributed by atoms with Crippen molar-refractivity contribution in [3.8, 4) is 0 Å². The lowest BCUT2D eigenvalue weighted by molar-refractivity contribution is 0.0526. The molecule has 3 rings (SSSR count). The van der Waals surface area contributed by atoms with Crippen LogP contribution >= 0.6 is 11.3 Å². The average molecular weight is 357 g/mol. The first-order valence-corrected chi connectivity index (χ1v) is 9.51. The maximum absolute atomic E-state index is 12.7. The van der Waals surface area contributed by atoms with Gasteiger partial charge in [0.25, 0.3) is 5.91 Å². The van der Waals surface area contributed by atoms with Crippen LogP contribution in [0.5, 0.6) is 0 Å². The van der Waals surface area contributed by atoms with Crippen molar-refractivity contribution in [2.75, 3.05) is 11.9 Å². The summed E-state index contributed by atoms with van der Waals surface area (Å²) in [6, 6.07) is 7.45. The van der Waals surface area contributed by atoms with Crippen molar-refractivity contribution in [3.63, 3.8) is 0 Å². The van der Waals surface area contributed by atoms with Gasteiger partial charge in [-0.3, -0.25) is 4.79 Å². The molecular weight excluding hydrogens is 334 g/mol. The predicted octanol–water partition coefficient (Wildman–Crippen LogP) is 4.61. The van der Waals surface area contributed by atoms with Gasteiger partial charge in [0.05, 0.1) is 12.2 Å². The third-order valence-corrected chi connectivity index (χ3v) is 5.78. The highest BCUT2D eigenvalue weighted by Gasteiger charge is 2.29. The van der Waals surface area contributed by atoms with Crippen molar-refractivity contribution >= 4 is 28.2 Å². The van der Waals surface area contributed by atoms with Crippen LogP contribution in [0.25, 0.3) is 0 Å². The normalized spacial score (nSPS) is 16.2. The van der Waals surface area contributed by atoms with Crippen molar-refractivity contribution in [2.24, 2.45) is 5.92 Å². The molecular formula is C20H23NO3S. The van der Waals surface area contributed by atoms with E-state index in [1.165, 1.54) is 16.2 Å². The molecule has 2 aromatic rings. The number of thiophene rings is 1. The number of anilines is 1. The Balaban J connectivity index is 1.96. The standard InChI is InChI=1S/C20H23NO3S/c1-4-24-20(23)17-15-10-9-12(2)11-16(15)25-19(17)21-18(22)14-8-6-5-7-13(14)3/h5-8,12H,4,9-11H2,1-3H3,(H,21,22)/t12-/m1/s1. The number of carbonyl (C=O) groups is 2. The van der Waals surface area contributed by atoms with Crippen LogP contribution in [0.4, 0.5) is 5.00 Å². The lowest BCUT2D eigenvalue weighted by Crippen LogP contribution is -2.17. The lowest BCUT2D eigenvalue weighted by Gasteiger charge is -2.18. The third kappa shape index (κ3) is 3.61. The number of ether oxygens (including phenoxy) is 1. The second kappa shape index (κ2) is 7.40. The van der Waals surface area contributed by atoms with Gasteiger partial charge in [-0.2, -0.15) is 0 Å². The van der Waals surface area contributed by atoms with E-state index in [1.807, 2.05) is 25.1 Å². The van der Waals surface area contributed by atoms with E-state index in [0.717, 1.165) is 30.4 Å². The highest BCUT2D eigenvalue weighted by Crippen LogP contribution is 2.40. The van der Waals surface area contributed by atoms with Crippen LogP contribution in [0, 0.1) is 12.8 Å².